The lowest BCUT2D eigenvalue weighted by atomic mass is 9.88. The van der Waals surface area contributed by atoms with Crippen LogP contribution in [0.4, 0.5) is 0 Å². The van der Waals surface area contributed by atoms with Crippen LogP contribution in [0.1, 0.15) is 32.1 Å². The first-order valence-corrected chi connectivity index (χ1v) is 6.20. The number of nitrogens with zero attached hydrogens (tertiary/aromatic N) is 2. The van der Waals surface area contributed by atoms with Crippen LogP contribution < -0.4 is 0 Å². The van der Waals surface area contributed by atoms with E-state index < -0.39 is 28.8 Å². The highest BCUT2D eigenvalue weighted by Crippen LogP contribution is 2.27. The second-order valence-corrected chi connectivity index (χ2v) is 4.67. The van der Waals surface area contributed by atoms with Crippen LogP contribution in [0, 0.1) is 10.1 Å². The predicted molar refractivity (Wildman–Crippen MR) is 67.2 cm³/mol. The third kappa shape index (κ3) is 3.30. The van der Waals surface area contributed by atoms with Crippen LogP contribution in [-0.2, 0) is 9.59 Å². The normalized spacial score (nSPS) is 17.8. The second kappa shape index (κ2) is 6.31. The van der Waals surface area contributed by atoms with E-state index in [2.05, 4.69) is 6.58 Å². The second-order valence-electron chi connectivity index (χ2n) is 4.67. The molecule has 1 amide bonds. The third-order valence-electron chi connectivity index (χ3n) is 3.38. The van der Waals surface area contributed by atoms with Crippen molar-refractivity contribution < 1.29 is 19.6 Å². The van der Waals surface area contributed by atoms with Crippen molar-refractivity contribution in [2.45, 2.75) is 37.6 Å². The zero-order valence-corrected chi connectivity index (χ0v) is 10.7. The molecule has 1 heterocycles. The van der Waals surface area contributed by atoms with Gasteiger partial charge in [-0.1, -0.05) is 6.08 Å². The Morgan fingerprint density at radius 3 is 2.42 bits per heavy atom. The molecule has 7 heteroatoms. The Hall–Kier alpha value is -1.92. The SMILES string of the molecule is C=CCC(CCC(=O)O)(C(=O)N1CCCC1)[N+](=O)[O-]. The zero-order chi connectivity index (χ0) is 14.5. The Morgan fingerprint density at radius 1 is 1.42 bits per heavy atom. The van der Waals surface area contributed by atoms with E-state index in [4.69, 9.17) is 5.11 Å². The molecular formula is C12H18N2O5. The van der Waals surface area contributed by atoms with Gasteiger partial charge >= 0.3 is 17.4 Å². The van der Waals surface area contributed by atoms with Crippen LogP contribution in [0.3, 0.4) is 0 Å². The van der Waals surface area contributed by atoms with E-state index in [9.17, 15) is 19.7 Å². The van der Waals surface area contributed by atoms with Gasteiger partial charge in [0.25, 0.3) is 0 Å². The summed E-state index contributed by atoms with van der Waals surface area (Å²) in [5.41, 5.74) is -1.88. The molecule has 0 spiro atoms. The van der Waals surface area contributed by atoms with Crippen molar-refractivity contribution in [3.8, 4) is 0 Å². The lowest BCUT2D eigenvalue weighted by Crippen LogP contribution is -2.53. The van der Waals surface area contributed by atoms with E-state index in [1.807, 2.05) is 0 Å². The Morgan fingerprint density at radius 2 is 2.00 bits per heavy atom. The maximum absolute atomic E-state index is 12.4. The number of carbonyl (C=O) groups excluding carboxylic acids is 1. The minimum Gasteiger partial charge on any atom is -0.481 e. The summed E-state index contributed by atoms with van der Waals surface area (Å²) in [6, 6.07) is 0. The van der Waals surface area contributed by atoms with E-state index in [0.717, 1.165) is 12.8 Å². The van der Waals surface area contributed by atoms with Gasteiger partial charge < -0.3 is 10.0 Å². The number of aliphatic carboxylic acids is 1. The molecule has 1 aliphatic heterocycles. The fourth-order valence-electron chi connectivity index (χ4n) is 2.31. The molecule has 1 fully saturated rings. The molecule has 1 unspecified atom stereocenters. The third-order valence-corrected chi connectivity index (χ3v) is 3.38. The van der Waals surface area contributed by atoms with Gasteiger partial charge in [-0.05, 0) is 12.8 Å². The molecule has 106 valence electrons. The molecule has 0 aliphatic carbocycles. The van der Waals surface area contributed by atoms with E-state index in [0.29, 0.717) is 13.1 Å². The Bertz CT molecular complexity index is 390. The molecule has 0 bridgehead atoms. The molecule has 0 aromatic heterocycles. The van der Waals surface area contributed by atoms with Gasteiger partial charge in [-0.2, -0.15) is 0 Å². The van der Waals surface area contributed by atoms with E-state index >= 15 is 0 Å². The molecule has 1 saturated heterocycles. The highest BCUT2D eigenvalue weighted by Gasteiger charge is 2.52. The molecular weight excluding hydrogens is 252 g/mol. The minimum atomic E-state index is -1.88. The number of hydrogen-bond acceptors (Lipinski definition) is 4. The number of amides is 1. The van der Waals surface area contributed by atoms with Crippen molar-refractivity contribution in [2.24, 2.45) is 0 Å². The quantitative estimate of drug-likeness (QED) is 0.423. The number of carboxylic acids is 1. The van der Waals surface area contributed by atoms with Crippen molar-refractivity contribution in [1.29, 1.82) is 0 Å². The standard InChI is InChI=1S/C12H18N2O5/c1-2-6-12(14(18)19,7-5-10(15)16)11(17)13-8-3-4-9-13/h2H,1,3-9H2,(H,15,16). The number of hydrogen-bond donors (Lipinski definition) is 1. The molecule has 0 aromatic rings. The van der Waals surface area contributed by atoms with Gasteiger partial charge in [-0.3, -0.25) is 19.7 Å². The van der Waals surface area contributed by atoms with Gasteiger partial charge in [0.1, 0.15) is 0 Å². The van der Waals surface area contributed by atoms with Crippen molar-refractivity contribution >= 4 is 11.9 Å². The summed E-state index contributed by atoms with van der Waals surface area (Å²) in [6.07, 6.45) is 2.09. The van der Waals surface area contributed by atoms with Gasteiger partial charge in [0.2, 0.25) is 0 Å². The Kier molecular flexibility index (Phi) is 5.02. The lowest BCUT2D eigenvalue weighted by molar-refractivity contribution is -0.554. The summed E-state index contributed by atoms with van der Waals surface area (Å²) < 4.78 is 0. The van der Waals surface area contributed by atoms with Gasteiger partial charge in [-0.25, -0.2) is 0 Å². The first-order chi connectivity index (χ1) is 8.94. The Balaban J connectivity index is 2.99. The van der Waals surface area contributed by atoms with E-state index in [1.165, 1.54) is 11.0 Å². The predicted octanol–water partition coefficient (Wildman–Crippen LogP) is 1.07. The van der Waals surface area contributed by atoms with Crippen LogP contribution in [-0.4, -0.2) is 45.4 Å². The monoisotopic (exact) mass is 270 g/mol. The largest absolute Gasteiger partial charge is 0.481 e. The molecule has 0 aromatic carbocycles. The van der Waals surface area contributed by atoms with Crippen LogP contribution in [0.2, 0.25) is 0 Å². The summed E-state index contributed by atoms with van der Waals surface area (Å²) in [5.74, 6) is -1.74. The first-order valence-electron chi connectivity index (χ1n) is 6.20. The van der Waals surface area contributed by atoms with Gasteiger partial charge in [0, 0.05) is 30.9 Å². The molecule has 1 aliphatic rings. The highest BCUT2D eigenvalue weighted by molar-refractivity contribution is 5.86. The summed E-state index contributed by atoms with van der Waals surface area (Å²) in [6.45, 7) is 4.44. The van der Waals surface area contributed by atoms with Crippen molar-refractivity contribution in [2.75, 3.05) is 13.1 Å². The summed E-state index contributed by atoms with van der Waals surface area (Å²) in [4.78, 5) is 35.1. The number of carbonyl (C=O) groups is 2. The van der Waals surface area contributed by atoms with Crippen LogP contribution in [0.25, 0.3) is 0 Å². The fourth-order valence-corrected chi connectivity index (χ4v) is 2.31. The van der Waals surface area contributed by atoms with Gasteiger partial charge in [-0.15, -0.1) is 6.58 Å². The molecule has 1 N–H and O–H groups in total. The lowest BCUT2D eigenvalue weighted by Gasteiger charge is -2.27. The summed E-state index contributed by atoms with van der Waals surface area (Å²) in [7, 11) is 0. The topological polar surface area (TPSA) is 101 Å². The van der Waals surface area contributed by atoms with E-state index in [-0.39, 0.29) is 12.8 Å². The van der Waals surface area contributed by atoms with Gasteiger partial charge in [0.15, 0.2) is 0 Å². The van der Waals surface area contributed by atoms with Crippen LogP contribution in [0.5, 0.6) is 0 Å². The smallest absolute Gasteiger partial charge is 0.303 e. The average molecular weight is 270 g/mol. The molecule has 0 saturated carbocycles. The molecule has 1 atom stereocenters. The number of likely N-dealkylation sites (tertiary alicyclic amines) is 1. The zero-order valence-electron chi connectivity index (χ0n) is 10.7. The summed E-state index contributed by atoms with van der Waals surface area (Å²) >= 11 is 0. The van der Waals surface area contributed by atoms with Crippen molar-refractivity contribution in [3.63, 3.8) is 0 Å². The fraction of sp³-hybridized carbons (Fsp3) is 0.667. The first kappa shape index (κ1) is 15.1. The molecule has 19 heavy (non-hydrogen) atoms. The van der Waals surface area contributed by atoms with E-state index in [1.54, 1.807) is 0 Å². The number of rotatable bonds is 7. The van der Waals surface area contributed by atoms with Crippen molar-refractivity contribution in [1.82, 2.24) is 4.90 Å². The molecule has 0 radical (unpaired) electrons. The highest BCUT2D eigenvalue weighted by atomic mass is 16.6. The minimum absolute atomic E-state index is 0.150. The van der Waals surface area contributed by atoms with Crippen molar-refractivity contribution in [3.05, 3.63) is 22.8 Å². The van der Waals surface area contributed by atoms with Crippen LogP contribution >= 0.6 is 0 Å². The van der Waals surface area contributed by atoms with Crippen LogP contribution in [0.15, 0.2) is 12.7 Å². The molecule has 7 nitrogen and oxygen atoms in total. The maximum atomic E-state index is 12.4. The maximum Gasteiger partial charge on any atom is 0.303 e. The number of nitro groups is 1. The van der Waals surface area contributed by atoms with Gasteiger partial charge in [0.05, 0.1) is 6.42 Å². The molecule has 1 rings (SSSR count). The average Bonchev–Trinajstić information content (AvgIpc) is 2.86. The number of carboxylic acid groups (broad SMARTS) is 1. The summed E-state index contributed by atoms with van der Waals surface area (Å²) in [5, 5.41) is 20.0. The Labute approximate surface area is 111 Å².